The molecule has 0 N–H and O–H groups in total. The van der Waals surface area contributed by atoms with E-state index < -0.39 is 5.97 Å². The van der Waals surface area contributed by atoms with Gasteiger partial charge in [-0.15, -0.1) is 0 Å². The maximum absolute atomic E-state index is 12.1. The van der Waals surface area contributed by atoms with Gasteiger partial charge in [0.1, 0.15) is 6.61 Å². The third-order valence-electron chi connectivity index (χ3n) is 3.90. The number of hydrogen-bond acceptors (Lipinski definition) is 4. The van der Waals surface area contributed by atoms with Crippen LogP contribution in [-0.2, 0) is 16.1 Å². The monoisotopic (exact) mass is 466 g/mol. The number of ether oxygens (including phenoxy) is 2. The summed E-state index contributed by atoms with van der Waals surface area (Å²) in [6, 6.07) is 14.1. The number of unbranched alkanes of at least 4 members (excludes halogenated alkanes) is 3. The Kier molecular flexibility index (Phi) is 8.61. The Bertz CT molecular complexity index is 725. The van der Waals surface area contributed by atoms with Gasteiger partial charge < -0.3 is 9.47 Å². The van der Waals surface area contributed by atoms with E-state index in [0.717, 1.165) is 34.8 Å². The van der Waals surface area contributed by atoms with Crippen LogP contribution >= 0.6 is 22.6 Å². The van der Waals surface area contributed by atoms with Gasteiger partial charge in [-0.2, -0.15) is 0 Å². The minimum atomic E-state index is -0.413. The summed E-state index contributed by atoms with van der Waals surface area (Å²) in [6.45, 7) is 2.79. The molecule has 26 heavy (non-hydrogen) atoms. The van der Waals surface area contributed by atoms with E-state index >= 15 is 0 Å². The second kappa shape index (κ2) is 11.0. The van der Waals surface area contributed by atoms with Crippen LogP contribution < -0.4 is 0 Å². The van der Waals surface area contributed by atoms with Crippen LogP contribution in [-0.4, -0.2) is 18.5 Å². The van der Waals surface area contributed by atoms with E-state index in [4.69, 9.17) is 9.47 Å². The lowest BCUT2D eigenvalue weighted by Crippen LogP contribution is -2.09. The van der Waals surface area contributed by atoms with Gasteiger partial charge in [-0.05, 0) is 59.3 Å². The van der Waals surface area contributed by atoms with Gasteiger partial charge >= 0.3 is 11.9 Å². The minimum absolute atomic E-state index is 0.222. The molecule has 2 rings (SSSR count). The average Bonchev–Trinajstić information content (AvgIpc) is 2.67. The number of halogens is 1. The fourth-order valence-electron chi connectivity index (χ4n) is 2.36. The lowest BCUT2D eigenvalue weighted by molar-refractivity contribution is 0.0465. The highest BCUT2D eigenvalue weighted by Gasteiger charge is 2.11. The lowest BCUT2D eigenvalue weighted by Gasteiger charge is -2.08. The van der Waals surface area contributed by atoms with Crippen molar-refractivity contribution in [1.29, 1.82) is 0 Å². The number of esters is 2. The molecular formula is C21H23IO4. The highest BCUT2D eigenvalue weighted by Crippen LogP contribution is 2.14. The molecule has 0 amide bonds. The van der Waals surface area contributed by atoms with Crippen molar-refractivity contribution in [1.82, 2.24) is 0 Å². The van der Waals surface area contributed by atoms with Crippen molar-refractivity contribution < 1.29 is 19.1 Å². The Labute approximate surface area is 168 Å². The second-order valence-electron chi connectivity index (χ2n) is 5.94. The van der Waals surface area contributed by atoms with E-state index in [0.29, 0.717) is 17.7 Å². The molecule has 2 aromatic carbocycles. The first-order chi connectivity index (χ1) is 12.6. The summed E-state index contributed by atoms with van der Waals surface area (Å²) in [5.74, 6) is -0.774. The summed E-state index contributed by atoms with van der Waals surface area (Å²) in [4.78, 5) is 24.1. The number of hydrogen-bond donors (Lipinski definition) is 0. The van der Waals surface area contributed by atoms with Gasteiger partial charge in [0.25, 0.3) is 0 Å². The highest BCUT2D eigenvalue weighted by molar-refractivity contribution is 14.1. The van der Waals surface area contributed by atoms with E-state index in [1.54, 1.807) is 24.3 Å². The molecule has 0 atom stereocenters. The Morgan fingerprint density at radius 3 is 2.08 bits per heavy atom. The molecule has 0 saturated heterocycles. The summed E-state index contributed by atoms with van der Waals surface area (Å²) >= 11 is 2.21. The van der Waals surface area contributed by atoms with Crippen LogP contribution in [0.25, 0.3) is 0 Å². The van der Waals surface area contributed by atoms with Crippen molar-refractivity contribution in [3.05, 3.63) is 68.8 Å². The predicted octanol–water partition coefficient (Wildman–Crippen LogP) is 5.39. The molecule has 0 heterocycles. The SMILES string of the molecule is CCCCCCOC(=O)c1ccc(C(=O)OCc2ccccc2I)cc1. The summed E-state index contributed by atoms with van der Waals surface area (Å²) in [7, 11) is 0. The Morgan fingerprint density at radius 1 is 0.846 bits per heavy atom. The molecule has 0 aromatic heterocycles. The van der Waals surface area contributed by atoms with Gasteiger partial charge in [0.15, 0.2) is 0 Å². The van der Waals surface area contributed by atoms with Crippen LogP contribution in [0, 0.1) is 3.57 Å². The molecule has 0 bridgehead atoms. The number of carbonyl (C=O) groups is 2. The zero-order chi connectivity index (χ0) is 18.8. The molecule has 4 nitrogen and oxygen atoms in total. The standard InChI is InChI=1S/C21H23IO4/c1-2-3-4-7-14-25-20(23)16-10-12-17(13-11-16)21(24)26-15-18-8-5-6-9-19(18)22/h5-6,8-13H,2-4,7,14-15H2,1H3. The van der Waals surface area contributed by atoms with Crippen molar-refractivity contribution in [3.8, 4) is 0 Å². The summed E-state index contributed by atoms with van der Waals surface area (Å²) in [6.07, 6.45) is 4.24. The second-order valence-corrected chi connectivity index (χ2v) is 7.10. The third-order valence-corrected chi connectivity index (χ3v) is 4.96. The van der Waals surface area contributed by atoms with Crippen molar-refractivity contribution >= 4 is 34.5 Å². The lowest BCUT2D eigenvalue weighted by atomic mass is 10.1. The predicted molar refractivity (Wildman–Crippen MR) is 109 cm³/mol. The molecule has 0 aliphatic heterocycles. The normalized spacial score (nSPS) is 10.4. The van der Waals surface area contributed by atoms with E-state index in [-0.39, 0.29) is 12.6 Å². The van der Waals surface area contributed by atoms with Gasteiger partial charge in [0.05, 0.1) is 17.7 Å². The van der Waals surface area contributed by atoms with Crippen molar-refractivity contribution in [2.24, 2.45) is 0 Å². The smallest absolute Gasteiger partial charge is 0.338 e. The first-order valence-corrected chi connectivity index (χ1v) is 9.87. The molecule has 138 valence electrons. The quantitative estimate of drug-likeness (QED) is 0.283. The maximum atomic E-state index is 12.1. The van der Waals surface area contributed by atoms with Crippen molar-refractivity contribution in [2.45, 2.75) is 39.2 Å². The van der Waals surface area contributed by atoms with E-state index in [9.17, 15) is 9.59 Å². The van der Waals surface area contributed by atoms with Gasteiger partial charge in [0, 0.05) is 9.13 Å². The first-order valence-electron chi connectivity index (χ1n) is 8.79. The van der Waals surface area contributed by atoms with Crippen LogP contribution in [0.2, 0.25) is 0 Å². The molecule has 0 spiro atoms. The zero-order valence-electron chi connectivity index (χ0n) is 14.9. The summed E-state index contributed by atoms with van der Waals surface area (Å²) in [5.41, 5.74) is 1.81. The molecule has 2 aromatic rings. The van der Waals surface area contributed by atoms with E-state index in [1.165, 1.54) is 0 Å². The van der Waals surface area contributed by atoms with E-state index in [1.807, 2.05) is 24.3 Å². The number of rotatable bonds is 9. The molecule has 0 aliphatic rings. The van der Waals surface area contributed by atoms with Crippen LogP contribution in [0.15, 0.2) is 48.5 Å². The molecule has 0 saturated carbocycles. The Hall–Kier alpha value is -1.89. The first kappa shape index (κ1) is 20.4. The fourth-order valence-corrected chi connectivity index (χ4v) is 2.90. The van der Waals surface area contributed by atoms with Crippen molar-refractivity contribution in [3.63, 3.8) is 0 Å². The molecule has 0 radical (unpaired) electrons. The minimum Gasteiger partial charge on any atom is -0.462 e. The molecule has 5 heteroatoms. The van der Waals surface area contributed by atoms with Crippen LogP contribution in [0.3, 0.4) is 0 Å². The van der Waals surface area contributed by atoms with Crippen molar-refractivity contribution in [2.75, 3.05) is 6.61 Å². The number of benzene rings is 2. The van der Waals surface area contributed by atoms with Gasteiger partial charge in [-0.25, -0.2) is 9.59 Å². The third kappa shape index (κ3) is 6.44. The molecule has 0 fully saturated rings. The fraction of sp³-hybridized carbons (Fsp3) is 0.333. The van der Waals surface area contributed by atoms with Crippen LogP contribution in [0.1, 0.15) is 58.9 Å². The topological polar surface area (TPSA) is 52.6 Å². The summed E-state index contributed by atoms with van der Waals surface area (Å²) in [5, 5.41) is 0. The molecular weight excluding hydrogens is 443 g/mol. The van der Waals surface area contributed by atoms with E-state index in [2.05, 4.69) is 29.5 Å². The Balaban J connectivity index is 1.83. The largest absolute Gasteiger partial charge is 0.462 e. The van der Waals surface area contributed by atoms with Crippen LogP contribution in [0.4, 0.5) is 0 Å². The van der Waals surface area contributed by atoms with Gasteiger partial charge in [-0.1, -0.05) is 44.4 Å². The molecule has 0 unspecified atom stereocenters. The van der Waals surface area contributed by atoms with Gasteiger partial charge in [-0.3, -0.25) is 0 Å². The maximum Gasteiger partial charge on any atom is 0.338 e. The molecule has 0 aliphatic carbocycles. The Morgan fingerprint density at radius 2 is 1.46 bits per heavy atom. The average molecular weight is 466 g/mol. The number of carbonyl (C=O) groups excluding carboxylic acids is 2. The highest BCUT2D eigenvalue weighted by atomic mass is 127. The van der Waals surface area contributed by atoms with Gasteiger partial charge in [0.2, 0.25) is 0 Å². The zero-order valence-corrected chi connectivity index (χ0v) is 17.0. The van der Waals surface area contributed by atoms with Crippen LogP contribution in [0.5, 0.6) is 0 Å². The summed E-state index contributed by atoms with van der Waals surface area (Å²) < 4.78 is 11.6.